The first-order chi connectivity index (χ1) is 14.6. The van der Waals surface area contributed by atoms with Gasteiger partial charge in [0.05, 0.1) is 29.5 Å². The first-order valence-electron chi connectivity index (χ1n) is 10.4. The van der Waals surface area contributed by atoms with Crippen LogP contribution in [0.15, 0.2) is 45.6 Å². The second-order valence-electron chi connectivity index (χ2n) is 8.23. The van der Waals surface area contributed by atoms with Crippen LogP contribution in [-0.4, -0.2) is 53.1 Å². The number of anilines is 1. The van der Waals surface area contributed by atoms with Gasteiger partial charge in [-0.15, -0.1) is 0 Å². The van der Waals surface area contributed by atoms with Gasteiger partial charge in [-0.3, -0.25) is 4.99 Å². The van der Waals surface area contributed by atoms with Crippen molar-refractivity contribution in [2.75, 3.05) is 18.0 Å². The molecule has 2 fully saturated rings. The van der Waals surface area contributed by atoms with E-state index in [9.17, 15) is 0 Å². The minimum Gasteiger partial charge on any atom is -0.488 e. The quantitative estimate of drug-likeness (QED) is 0.504. The summed E-state index contributed by atoms with van der Waals surface area (Å²) in [6.45, 7) is 3.94. The van der Waals surface area contributed by atoms with E-state index in [1.165, 1.54) is 12.7 Å². The lowest BCUT2D eigenvalue weighted by atomic mass is 9.98. The zero-order valence-corrected chi connectivity index (χ0v) is 17.0. The third kappa shape index (κ3) is 3.77. The number of aliphatic imine (C=N–C) groups is 3. The molecule has 1 saturated heterocycles. The number of benzene rings is 1. The maximum absolute atomic E-state index is 6.11. The lowest BCUT2D eigenvalue weighted by Crippen LogP contribution is -2.36. The number of nitrogens with zero attached hydrogens (tertiary/aromatic N) is 6. The number of piperidine rings is 1. The van der Waals surface area contributed by atoms with Crippen molar-refractivity contribution < 1.29 is 4.74 Å². The first-order valence-corrected chi connectivity index (χ1v) is 10.4. The van der Waals surface area contributed by atoms with Crippen molar-refractivity contribution in [1.29, 1.82) is 0 Å². The molecule has 8 nitrogen and oxygen atoms in total. The summed E-state index contributed by atoms with van der Waals surface area (Å²) in [4.78, 5) is 24.2. The van der Waals surface area contributed by atoms with Crippen LogP contribution in [0.25, 0.3) is 0 Å². The Hall–Kier alpha value is -3.29. The predicted octanol–water partition coefficient (Wildman–Crippen LogP) is 2.87. The zero-order valence-electron chi connectivity index (χ0n) is 17.0. The van der Waals surface area contributed by atoms with Crippen molar-refractivity contribution in [2.24, 2.45) is 20.7 Å². The topological polar surface area (TPSA) is 101 Å². The summed E-state index contributed by atoms with van der Waals surface area (Å²) in [6.07, 6.45) is 8.56. The van der Waals surface area contributed by atoms with Gasteiger partial charge in [-0.25, -0.2) is 20.0 Å². The highest BCUT2D eigenvalue weighted by atomic mass is 16.5. The van der Waals surface area contributed by atoms with E-state index in [0.717, 1.165) is 73.0 Å². The fraction of sp³-hybridized carbons (Fsp3) is 0.409. The average molecular weight is 403 g/mol. The molecule has 2 N–H and O–H groups in total. The number of hydrogen-bond acceptors (Lipinski definition) is 6. The molecule has 0 radical (unpaired) electrons. The third-order valence-corrected chi connectivity index (χ3v) is 5.89. The van der Waals surface area contributed by atoms with Crippen LogP contribution in [0.1, 0.15) is 43.9 Å². The summed E-state index contributed by atoms with van der Waals surface area (Å²) in [5.41, 5.74) is 9.07. The molecule has 2 aromatic rings. The molecule has 5 rings (SSSR count). The minimum atomic E-state index is 0.00418. The Kier molecular flexibility index (Phi) is 4.69. The summed E-state index contributed by atoms with van der Waals surface area (Å²) in [7, 11) is 0. The van der Waals surface area contributed by atoms with Gasteiger partial charge >= 0.3 is 0 Å². The molecule has 0 amide bonds. The molecular weight excluding hydrogens is 378 g/mol. The van der Waals surface area contributed by atoms with Crippen LogP contribution in [-0.2, 0) is 0 Å². The standard InChI is InChI=1S/C22H25N7O/c1-22(6-7-22)30-16-2-3-18-17(10-16)21(28-18)19-11-20(27-14-26-19)29-8-4-15(5-9-29)25-13-24-12-23/h2-3,10-15H,4-9H2,1H3,(H2,23,24,25). The molecule has 3 heterocycles. The van der Waals surface area contributed by atoms with Gasteiger partial charge in [0.25, 0.3) is 0 Å². The highest BCUT2D eigenvalue weighted by molar-refractivity contribution is 6.21. The van der Waals surface area contributed by atoms with Crippen LogP contribution in [0, 0.1) is 0 Å². The maximum Gasteiger partial charge on any atom is 0.132 e. The molecule has 30 heavy (non-hydrogen) atoms. The molecule has 2 aliphatic heterocycles. The Morgan fingerprint density at radius 2 is 2.03 bits per heavy atom. The van der Waals surface area contributed by atoms with E-state index in [4.69, 9.17) is 10.5 Å². The fourth-order valence-corrected chi connectivity index (χ4v) is 3.82. The summed E-state index contributed by atoms with van der Waals surface area (Å²) >= 11 is 0. The average Bonchev–Trinajstić information content (AvgIpc) is 3.48. The van der Waals surface area contributed by atoms with Crippen LogP contribution >= 0.6 is 0 Å². The Balaban J connectivity index is 1.28. The van der Waals surface area contributed by atoms with Gasteiger partial charge in [-0.05, 0) is 50.8 Å². The van der Waals surface area contributed by atoms with Crippen molar-refractivity contribution in [2.45, 2.75) is 44.2 Å². The smallest absolute Gasteiger partial charge is 0.132 e. The van der Waals surface area contributed by atoms with Gasteiger partial charge < -0.3 is 15.4 Å². The van der Waals surface area contributed by atoms with E-state index >= 15 is 0 Å². The molecule has 154 valence electrons. The fourth-order valence-electron chi connectivity index (χ4n) is 3.82. The van der Waals surface area contributed by atoms with Crippen molar-refractivity contribution in [3.8, 4) is 5.75 Å². The molecular formula is C22H25N7O. The normalized spacial score (nSPS) is 20.2. The Morgan fingerprint density at radius 1 is 1.20 bits per heavy atom. The Bertz CT molecular complexity index is 1030. The SMILES string of the molecule is CC1(Oc2ccc3c(c2)C(c2cc(N4CCC(N=CN=CN)CC4)ncn2)=N3)CC1. The lowest BCUT2D eigenvalue weighted by molar-refractivity contribution is 0.200. The largest absolute Gasteiger partial charge is 0.488 e. The Morgan fingerprint density at radius 3 is 2.80 bits per heavy atom. The van der Waals surface area contributed by atoms with Crippen LogP contribution < -0.4 is 15.4 Å². The van der Waals surface area contributed by atoms with Crippen molar-refractivity contribution in [3.63, 3.8) is 0 Å². The van der Waals surface area contributed by atoms with E-state index in [0.29, 0.717) is 0 Å². The molecule has 1 saturated carbocycles. The molecule has 0 unspecified atom stereocenters. The highest BCUT2D eigenvalue weighted by Gasteiger charge is 2.40. The molecule has 1 aromatic heterocycles. The summed E-state index contributed by atoms with van der Waals surface area (Å²) in [5, 5.41) is 0. The van der Waals surface area contributed by atoms with E-state index < -0.39 is 0 Å². The number of rotatable bonds is 6. The Labute approximate surface area is 175 Å². The molecule has 3 aliphatic rings. The zero-order chi connectivity index (χ0) is 20.6. The molecule has 1 aromatic carbocycles. The second-order valence-corrected chi connectivity index (χ2v) is 8.23. The van der Waals surface area contributed by atoms with Crippen molar-refractivity contribution >= 4 is 29.9 Å². The van der Waals surface area contributed by atoms with Gasteiger partial charge in [0.15, 0.2) is 0 Å². The summed E-state index contributed by atoms with van der Waals surface area (Å²) < 4.78 is 6.11. The van der Waals surface area contributed by atoms with Crippen LogP contribution in [0.4, 0.5) is 11.5 Å². The highest BCUT2D eigenvalue weighted by Crippen LogP contribution is 2.42. The first kappa shape index (κ1) is 18.7. The van der Waals surface area contributed by atoms with Gasteiger partial charge in [0.2, 0.25) is 0 Å². The second kappa shape index (κ2) is 7.51. The molecule has 0 atom stereocenters. The van der Waals surface area contributed by atoms with E-state index in [1.54, 1.807) is 6.33 Å². The van der Waals surface area contributed by atoms with Gasteiger partial charge in [0.1, 0.15) is 29.8 Å². The molecule has 8 heteroatoms. The van der Waals surface area contributed by atoms with Crippen LogP contribution in [0.5, 0.6) is 5.75 Å². The number of nitrogens with two attached hydrogens (primary N) is 1. The third-order valence-electron chi connectivity index (χ3n) is 5.89. The number of aromatic nitrogens is 2. The van der Waals surface area contributed by atoms with Gasteiger partial charge in [-0.2, -0.15) is 0 Å². The predicted molar refractivity (Wildman–Crippen MR) is 118 cm³/mol. The maximum atomic E-state index is 6.11. The summed E-state index contributed by atoms with van der Waals surface area (Å²) in [6, 6.07) is 8.40. The van der Waals surface area contributed by atoms with E-state index in [2.05, 4.69) is 42.8 Å². The molecule has 0 bridgehead atoms. The van der Waals surface area contributed by atoms with E-state index in [1.807, 2.05) is 18.2 Å². The summed E-state index contributed by atoms with van der Waals surface area (Å²) in [5.74, 6) is 1.83. The molecule has 1 aliphatic carbocycles. The number of ether oxygens (including phenoxy) is 1. The lowest BCUT2D eigenvalue weighted by Gasteiger charge is -2.31. The van der Waals surface area contributed by atoms with Gasteiger partial charge in [0, 0.05) is 24.7 Å². The van der Waals surface area contributed by atoms with Crippen molar-refractivity contribution in [3.05, 3.63) is 41.9 Å². The number of hydrogen-bond donors (Lipinski definition) is 1. The minimum absolute atomic E-state index is 0.00418. The van der Waals surface area contributed by atoms with Crippen molar-refractivity contribution in [1.82, 2.24) is 9.97 Å². The van der Waals surface area contributed by atoms with E-state index in [-0.39, 0.29) is 11.6 Å². The van der Waals surface area contributed by atoms with Crippen LogP contribution in [0.3, 0.4) is 0 Å². The van der Waals surface area contributed by atoms with Gasteiger partial charge in [-0.1, -0.05) is 0 Å². The monoisotopic (exact) mass is 403 g/mol. The molecule has 0 spiro atoms. The van der Waals surface area contributed by atoms with Crippen LogP contribution in [0.2, 0.25) is 0 Å². The number of fused-ring (bicyclic) bond motifs is 1.